The molecule has 92 valence electrons. The van der Waals surface area contributed by atoms with E-state index in [4.69, 9.17) is 10.5 Å². The van der Waals surface area contributed by atoms with E-state index in [2.05, 4.69) is 31.2 Å². The molecule has 2 atom stereocenters. The van der Waals surface area contributed by atoms with Gasteiger partial charge in [0.25, 0.3) is 0 Å². The number of benzene rings is 2. The molecule has 0 radical (unpaired) electrons. The Labute approximate surface area is 107 Å². The smallest absolute Gasteiger partial charge is 0.123 e. The van der Waals surface area contributed by atoms with Crippen molar-refractivity contribution in [2.24, 2.45) is 5.73 Å². The molecular formula is C16H17NO. The molecule has 0 spiro atoms. The van der Waals surface area contributed by atoms with Crippen molar-refractivity contribution in [2.75, 3.05) is 0 Å². The third-order valence-electron chi connectivity index (χ3n) is 3.44. The summed E-state index contributed by atoms with van der Waals surface area (Å²) in [5, 5.41) is 0. The molecule has 2 nitrogen and oxygen atoms in total. The lowest BCUT2D eigenvalue weighted by Crippen LogP contribution is -2.11. The monoisotopic (exact) mass is 239 g/mol. The summed E-state index contributed by atoms with van der Waals surface area (Å²) in [4.78, 5) is 0. The number of hydrogen-bond donors (Lipinski definition) is 1. The van der Waals surface area contributed by atoms with Crippen LogP contribution in [-0.4, -0.2) is 6.10 Å². The van der Waals surface area contributed by atoms with Gasteiger partial charge in [0.2, 0.25) is 0 Å². The van der Waals surface area contributed by atoms with Crippen molar-refractivity contribution in [3.05, 3.63) is 65.2 Å². The first-order valence-corrected chi connectivity index (χ1v) is 6.34. The maximum absolute atomic E-state index is 6.30. The number of nitrogens with two attached hydrogens (primary N) is 1. The second-order valence-corrected chi connectivity index (χ2v) is 4.89. The second kappa shape index (κ2) is 4.46. The van der Waals surface area contributed by atoms with E-state index in [1.54, 1.807) is 0 Å². The molecule has 3 rings (SSSR count). The first kappa shape index (κ1) is 11.3. The van der Waals surface area contributed by atoms with E-state index in [-0.39, 0.29) is 12.1 Å². The fourth-order valence-electron chi connectivity index (χ4n) is 2.49. The molecule has 2 N–H and O–H groups in total. The summed E-state index contributed by atoms with van der Waals surface area (Å²) in [5.74, 6) is 1.01. The Bertz CT molecular complexity index is 550. The fraction of sp³-hybridized carbons (Fsp3) is 0.250. The largest absolute Gasteiger partial charge is 0.490 e. The summed E-state index contributed by atoms with van der Waals surface area (Å²) in [5.41, 5.74) is 9.87. The van der Waals surface area contributed by atoms with Gasteiger partial charge < -0.3 is 10.5 Å². The Morgan fingerprint density at radius 1 is 1.11 bits per heavy atom. The number of fused-ring (bicyclic) bond motifs is 1. The van der Waals surface area contributed by atoms with Crippen LogP contribution in [0, 0.1) is 0 Å². The Morgan fingerprint density at radius 2 is 1.89 bits per heavy atom. The summed E-state index contributed by atoms with van der Waals surface area (Å²) < 4.78 is 5.71. The highest BCUT2D eigenvalue weighted by atomic mass is 16.5. The van der Waals surface area contributed by atoms with Crippen LogP contribution >= 0.6 is 0 Å². The predicted molar refractivity (Wildman–Crippen MR) is 72.7 cm³/mol. The lowest BCUT2D eigenvalue weighted by molar-refractivity contribution is 0.254. The molecular weight excluding hydrogens is 222 g/mol. The van der Waals surface area contributed by atoms with Crippen LogP contribution in [0.5, 0.6) is 5.75 Å². The van der Waals surface area contributed by atoms with Gasteiger partial charge in [0.1, 0.15) is 11.9 Å². The van der Waals surface area contributed by atoms with Gasteiger partial charge in [0, 0.05) is 6.42 Å². The summed E-state index contributed by atoms with van der Waals surface area (Å²) in [6.07, 6.45) is 1.26. The zero-order valence-corrected chi connectivity index (χ0v) is 10.5. The van der Waals surface area contributed by atoms with Crippen molar-refractivity contribution >= 4 is 0 Å². The zero-order chi connectivity index (χ0) is 12.5. The SMILES string of the molecule is C[C@@H]1Cc2cc([C@H](N)c3ccccc3)ccc2O1. The van der Waals surface area contributed by atoms with Crippen molar-refractivity contribution in [1.29, 1.82) is 0 Å². The first-order chi connectivity index (χ1) is 8.74. The molecule has 0 fully saturated rings. The maximum Gasteiger partial charge on any atom is 0.123 e. The number of rotatable bonds is 2. The highest BCUT2D eigenvalue weighted by molar-refractivity contribution is 5.43. The van der Waals surface area contributed by atoms with Gasteiger partial charge in [-0.05, 0) is 29.7 Å². The zero-order valence-electron chi connectivity index (χ0n) is 10.5. The second-order valence-electron chi connectivity index (χ2n) is 4.89. The minimum absolute atomic E-state index is 0.0626. The van der Waals surface area contributed by atoms with E-state index < -0.39 is 0 Å². The van der Waals surface area contributed by atoms with Gasteiger partial charge in [-0.3, -0.25) is 0 Å². The third-order valence-corrected chi connectivity index (χ3v) is 3.44. The predicted octanol–water partition coefficient (Wildman–Crippen LogP) is 3.06. The maximum atomic E-state index is 6.30. The molecule has 0 unspecified atom stereocenters. The Hall–Kier alpha value is -1.80. The third kappa shape index (κ3) is 2.00. The topological polar surface area (TPSA) is 35.2 Å². The summed E-state index contributed by atoms with van der Waals surface area (Å²) in [6.45, 7) is 2.09. The normalized spacial score (nSPS) is 19.1. The van der Waals surface area contributed by atoms with Crippen LogP contribution in [-0.2, 0) is 6.42 Å². The minimum atomic E-state index is -0.0626. The van der Waals surface area contributed by atoms with Crippen molar-refractivity contribution in [1.82, 2.24) is 0 Å². The lowest BCUT2D eigenvalue weighted by Gasteiger charge is -2.13. The fourth-order valence-corrected chi connectivity index (χ4v) is 2.49. The van der Waals surface area contributed by atoms with Crippen molar-refractivity contribution in [3.8, 4) is 5.75 Å². The quantitative estimate of drug-likeness (QED) is 0.874. The van der Waals surface area contributed by atoms with Gasteiger partial charge in [0.15, 0.2) is 0 Å². The van der Waals surface area contributed by atoms with Gasteiger partial charge in [0.05, 0.1) is 6.04 Å². The van der Waals surface area contributed by atoms with Crippen LogP contribution in [0.15, 0.2) is 48.5 Å². The van der Waals surface area contributed by atoms with Crippen LogP contribution in [0.2, 0.25) is 0 Å². The average Bonchev–Trinajstić information content (AvgIpc) is 2.78. The molecule has 18 heavy (non-hydrogen) atoms. The Balaban J connectivity index is 1.92. The van der Waals surface area contributed by atoms with E-state index >= 15 is 0 Å². The Kier molecular flexibility index (Phi) is 2.80. The Morgan fingerprint density at radius 3 is 2.67 bits per heavy atom. The van der Waals surface area contributed by atoms with E-state index in [1.165, 1.54) is 5.56 Å². The molecule has 0 bridgehead atoms. The molecule has 2 aromatic rings. The molecule has 2 heteroatoms. The minimum Gasteiger partial charge on any atom is -0.490 e. The summed E-state index contributed by atoms with van der Waals surface area (Å²) in [7, 11) is 0. The standard InChI is InChI=1S/C16H17NO/c1-11-9-14-10-13(7-8-15(14)18-11)16(17)12-5-3-2-4-6-12/h2-8,10-11,16H,9,17H2,1H3/t11-,16-/m1/s1. The van der Waals surface area contributed by atoms with Gasteiger partial charge in [-0.25, -0.2) is 0 Å². The van der Waals surface area contributed by atoms with E-state index in [0.717, 1.165) is 23.3 Å². The van der Waals surface area contributed by atoms with E-state index in [9.17, 15) is 0 Å². The van der Waals surface area contributed by atoms with E-state index in [1.807, 2.05) is 24.3 Å². The molecule has 0 saturated heterocycles. The van der Waals surface area contributed by atoms with Crippen LogP contribution < -0.4 is 10.5 Å². The van der Waals surface area contributed by atoms with Gasteiger partial charge in [-0.1, -0.05) is 42.5 Å². The van der Waals surface area contributed by atoms with Crippen LogP contribution in [0.25, 0.3) is 0 Å². The first-order valence-electron chi connectivity index (χ1n) is 6.34. The number of hydrogen-bond acceptors (Lipinski definition) is 2. The van der Waals surface area contributed by atoms with Crippen molar-refractivity contribution < 1.29 is 4.74 Å². The van der Waals surface area contributed by atoms with E-state index in [0.29, 0.717) is 0 Å². The molecule has 2 aromatic carbocycles. The molecule has 0 aromatic heterocycles. The molecule has 0 amide bonds. The molecule has 0 saturated carbocycles. The van der Waals surface area contributed by atoms with Gasteiger partial charge >= 0.3 is 0 Å². The molecule has 1 heterocycles. The van der Waals surface area contributed by atoms with Gasteiger partial charge in [-0.15, -0.1) is 0 Å². The van der Waals surface area contributed by atoms with Crippen LogP contribution in [0.4, 0.5) is 0 Å². The number of ether oxygens (including phenoxy) is 1. The average molecular weight is 239 g/mol. The molecule has 0 aliphatic carbocycles. The van der Waals surface area contributed by atoms with Crippen molar-refractivity contribution in [2.45, 2.75) is 25.5 Å². The highest BCUT2D eigenvalue weighted by Crippen LogP contribution is 2.31. The lowest BCUT2D eigenvalue weighted by atomic mass is 9.97. The van der Waals surface area contributed by atoms with Crippen molar-refractivity contribution in [3.63, 3.8) is 0 Å². The van der Waals surface area contributed by atoms with Crippen LogP contribution in [0.3, 0.4) is 0 Å². The molecule has 1 aliphatic rings. The van der Waals surface area contributed by atoms with Crippen LogP contribution in [0.1, 0.15) is 29.7 Å². The highest BCUT2D eigenvalue weighted by Gasteiger charge is 2.20. The molecule has 1 aliphatic heterocycles. The summed E-state index contributed by atoms with van der Waals surface area (Å²) >= 11 is 0. The van der Waals surface area contributed by atoms with Gasteiger partial charge in [-0.2, -0.15) is 0 Å². The summed E-state index contributed by atoms with van der Waals surface area (Å²) in [6, 6.07) is 16.4.